The summed E-state index contributed by atoms with van der Waals surface area (Å²) in [5.74, 6) is 0.189. The van der Waals surface area contributed by atoms with E-state index in [1.54, 1.807) is 26.2 Å². The molecule has 1 aromatic heterocycles. The lowest BCUT2D eigenvalue weighted by Gasteiger charge is -2.36. The molecule has 5 heteroatoms. The van der Waals surface area contributed by atoms with Gasteiger partial charge in [-0.15, -0.1) is 0 Å². The van der Waals surface area contributed by atoms with Crippen LogP contribution in [0.3, 0.4) is 0 Å². The van der Waals surface area contributed by atoms with Crippen LogP contribution in [-0.4, -0.2) is 34.8 Å². The van der Waals surface area contributed by atoms with E-state index >= 15 is 0 Å². The zero-order valence-electron chi connectivity index (χ0n) is 13.6. The molecule has 0 saturated carbocycles. The molecule has 1 fully saturated rings. The normalized spacial score (nSPS) is 18.9. The van der Waals surface area contributed by atoms with E-state index in [0.717, 1.165) is 31.5 Å². The SMILES string of the molecule is CC1CCCN(C(=O)C(C)(C)C(=O)NCc2cccnc2)C1. The molecule has 1 aliphatic rings. The van der Waals surface area contributed by atoms with Crippen LogP contribution in [0.5, 0.6) is 0 Å². The minimum absolute atomic E-state index is 0.0808. The molecular formula is C17H25N3O2. The summed E-state index contributed by atoms with van der Waals surface area (Å²) in [6.45, 7) is 7.44. The van der Waals surface area contributed by atoms with Crippen LogP contribution in [0, 0.1) is 11.3 Å². The van der Waals surface area contributed by atoms with Crippen molar-refractivity contribution in [2.24, 2.45) is 11.3 Å². The number of carbonyl (C=O) groups is 2. The first-order valence-corrected chi connectivity index (χ1v) is 7.88. The van der Waals surface area contributed by atoms with Gasteiger partial charge in [0.05, 0.1) is 0 Å². The van der Waals surface area contributed by atoms with Crippen LogP contribution in [0.2, 0.25) is 0 Å². The van der Waals surface area contributed by atoms with Crippen LogP contribution in [0.4, 0.5) is 0 Å². The van der Waals surface area contributed by atoms with Crippen LogP contribution < -0.4 is 5.32 Å². The highest BCUT2D eigenvalue weighted by molar-refractivity contribution is 6.04. The van der Waals surface area contributed by atoms with Crippen molar-refractivity contribution in [1.29, 1.82) is 0 Å². The van der Waals surface area contributed by atoms with E-state index in [1.165, 1.54) is 0 Å². The van der Waals surface area contributed by atoms with Gasteiger partial charge in [0, 0.05) is 32.0 Å². The maximum absolute atomic E-state index is 12.7. The van der Waals surface area contributed by atoms with Crippen molar-refractivity contribution < 1.29 is 9.59 Å². The summed E-state index contributed by atoms with van der Waals surface area (Å²) in [7, 11) is 0. The van der Waals surface area contributed by atoms with E-state index < -0.39 is 5.41 Å². The Balaban J connectivity index is 1.95. The predicted molar refractivity (Wildman–Crippen MR) is 84.8 cm³/mol. The summed E-state index contributed by atoms with van der Waals surface area (Å²) in [4.78, 5) is 30.9. The molecule has 1 aromatic rings. The minimum Gasteiger partial charge on any atom is -0.351 e. The smallest absolute Gasteiger partial charge is 0.237 e. The van der Waals surface area contributed by atoms with E-state index in [0.29, 0.717) is 12.5 Å². The van der Waals surface area contributed by atoms with Crippen LogP contribution in [0.15, 0.2) is 24.5 Å². The van der Waals surface area contributed by atoms with E-state index in [-0.39, 0.29) is 11.8 Å². The summed E-state index contributed by atoms with van der Waals surface area (Å²) >= 11 is 0. The second-order valence-electron chi connectivity index (χ2n) is 6.67. The molecule has 1 unspecified atom stereocenters. The molecule has 120 valence electrons. The fourth-order valence-electron chi connectivity index (χ4n) is 2.77. The lowest BCUT2D eigenvalue weighted by atomic mass is 9.88. The number of rotatable bonds is 4. The number of pyridine rings is 1. The molecule has 2 rings (SSSR count). The van der Waals surface area contributed by atoms with Gasteiger partial charge in [-0.25, -0.2) is 0 Å². The van der Waals surface area contributed by atoms with Crippen molar-refractivity contribution in [1.82, 2.24) is 15.2 Å². The Labute approximate surface area is 132 Å². The van der Waals surface area contributed by atoms with E-state index in [1.807, 2.05) is 17.0 Å². The molecule has 5 nitrogen and oxygen atoms in total. The van der Waals surface area contributed by atoms with Gasteiger partial charge in [0.1, 0.15) is 5.41 Å². The van der Waals surface area contributed by atoms with Crippen LogP contribution in [-0.2, 0) is 16.1 Å². The number of nitrogens with zero attached hydrogens (tertiary/aromatic N) is 2. The fraction of sp³-hybridized carbons (Fsp3) is 0.588. The Morgan fingerprint density at radius 3 is 2.86 bits per heavy atom. The first-order chi connectivity index (χ1) is 10.4. The minimum atomic E-state index is -1.04. The molecular weight excluding hydrogens is 278 g/mol. The Hall–Kier alpha value is -1.91. The quantitative estimate of drug-likeness (QED) is 0.865. The van der Waals surface area contributed by atoms with Gasteiger partial charge < -0.3 is 10.2 Å². The molecule has 0 spiro atoms. The van der Waals surface area contributed by atoms with Crippen molar-refractivity contribution in [3.05, 3.63) is 30.1 Å². The van der Waals surface area contributed by atoms with Crippen LogP contribution >= 0.6 is 0 Å². The number of likely N-dealkylation sites (tertiary alicyclic amines) is 1. The standard InChI is InChI=1S/C17H25N3O2/c1-13-6-5-9-20(12-13)16(22)17(2,3)15(21)19-11-14-7-4-8-18-10-14/h4,7-8,10,13H,5-6,9,11-12H2,1-3H3,(H,19,21). The molecule has 1 saturated heterocycles. The first-order valence-electron chi connectivity index (χ1n) is 7.88. The molecule has 2 amide bonds. The fourth-order valence-corrected chi connectivity index (χ4v) is 2.77. The molecule has 0 bridgehead atoms. The van der Waals surface area contributed by atoms with Gasteiger partial charge in [0.25, 0.3) is 0 Å². The lowest BCUT2D eigenvalue weighted by Crippen LogP contribution is -2.51. The predicted octanol–water partition coefficient (Wildman–Crippen LogP) is 1.98. The summed E-state index contributed by atoms with van der Waals surface area (Å²) < 4.78 is 0. The van der Waals surface area contributed by atoms with Crippen molar-refractivity contribution >= 4 is 11.8 Å². The molecule has 1 N–H and O–H groups in total. The Kier molecular flexibility index (Phi) is 5.16. The number of aromatic nitrogens is 1. The Morgan fingerprint density at radius 2 is 2.23 bits per heavy atom. The summed E-state index contributed by atoms with van der Waals surface area (Å²) in [6.07, 6.45) is 5.56. The second kappa shape index (κ2) is 6.90. The molecule has 0 aliphatic carbocycles. The Morgan fingerprint density at radius 1 is 1.45 bits per heavy atom. The first kappa shape index (κ1) is 16.5. The highest BCUT2D eigenvalue weighted by Gasteiger charge is 2.39. The van der Waals surface area contributed by atoms with Gasteiger partial charge in [0.15, 0.2) is 0 Å². The number of nitrogens with one attached hydrogen (secondary N) is 1. The molecule has 2 heterocycles. The monoisotopic (exact) mass is 303 g/mol. The summed E-state index contributed by atoms with van der Waals surface area (Å²) in [6, 6.07) is 3.72. The zero-order valence-corrected chi connectivity index (χ0v) is 13.6. The largest absolute Gasteiger partial charge is 0.351 e. The van der Waals surface area contributed by atoms with Gasteiger partial charge in [-0.05, 0) is 44.2 Å². The van der Waals surface area contributed by atoms with Crippen molar-refractivity contribution in [3.8, 4) is 0 Å². The third-order valence-corrected chi connectivity index (χ3v) is 4.22. The van der Waals surface area contributed by atoms with Crippen molar-refractivity contribution in [2.75, 3.05) is 13.1 Å². The average Bonchev–Trinajstić information content (AvgIpc) is 2.52. The van der Waals surface area contributed by atoms with Crippen LogP contribution in [0.25, 0.3) is 0 Å². The zero-order chi connectivity index (χ0) is 16.2. The summed E-state index contributed by atoms with van der Waals surface area (Å²) in [5, 5.41) is 2.84. The molecule has 0 aromatic carbocycles. The van der Waals surface area contributed by atoms with Crippen molar-refractivity contribution in [3.63, 3.8) is 0 Å². The van der Waals surface area contributed by atoms with Gasteiger partial charge in [-0.3, -0.25) is 14.6 Å². The highest BCUT2D eigenvalue weighted by Crippen LogP contribution is 2.24. The maximum Gasteiger partial charge on any atom is 0.237 e. The average molecular weight is 303 g/mol. The third-order valence-electron chi connectivity index (χ3n) is 4.22. The van der Waals surface area contributed by atoms with E-state index in [9.17, 15) is 9.59 Å². The maximum atomic E-state index is 12.7. The Bertz CT molecular complexity index is 528. The number of carbonyl (C=O) groups excluding carboxylic acids is 2. The van der Waals surface area contributed by atoms with Gasteiger partial charge in [-0.1, -0.05) is 13.0 Å². The number of hydrogen-bond acceptors (Lipinski definition) is 3. The van der Waals surface area contributed by atoms with Gasteiger partial charge in [-0.2, -0.15) is 0 Å². The molecule has 22 heavy (non-hydrogen) atoms. The number of amides is 2. The topological polar surface area (TPSA) is 62.3 Å². The number of hydrogen-bond donors (Lipinski definition) is 1. The second-order valence-corrected chi connectivity index (χ2v) is 6.67. The molecule has 1 aliphatic heterocycles. The molecule has 0 radical (unpaired) electrons. The van der Waals surface area contributed by atoms with Gasteiger partial charge in [0.2, 0.25) is 11.8 Å². The van der Waals surface area contributed by atoms with E-state index in [4.69, 9.17) is 0 Å². The molecule has 1 atom stereocenters. The summed E-state index contributed by atoms with van der Waals surface area (Å²) in [5.41, 5.74) is -0.120. The third kappa shape index (κ3) is 3.84. The number of piperidine rings is 1. The lowest BCUT2D eigenvalue weighted by molar-refractivity contribution is -0.149. The van der Waals surface area contributed by atoms with Gasteiger partial charge >= 0.3 is 0 Å². The highest BCUT2D eigenvalue weighted by atomic mass is 16.2. The van der Waals surface area contributed by atoms with E-state index in [2.05, 4.69) is 17.2 Å². The van der Waals surface area contributed by atoms with Crippen molar-refractivity contribution in [2.45, 2.75) is 40.2 Å². The van der Waals surface area contributed by atoms with Crippen LogP contribution in [0.1, 0.15) is 39.2 Å².